The van der Waals surface area contributed by atoms with E-state index in [9.17, 15) is 4.39 Å². The molecular weight excluding hydrogens is 327 g/mol. The predicted molar refractivity (Wildman–Crippen MR) is 79.7 cm³/mol. The molecule has 20 heavy (non-hydrogen) atoms. The molecule has 2 rings (SSSR count). The second-order valence-corrected chi connectivity index (χ2v) is 5.91. The Morgan fingerprint density at radius 1 is 1.45 bits per heavy atom. The van der Waals surface area contributed by atoms with Gasteiger partial charge in [0.05, 0.1) is 18.7 Å². The largest absolute Gasteiger partial charge is 0.493 e. The maximum Gasteiger partial charge on any atom is 0.175 e. The number of likely N-dealkylation sites (tertiary alicyclic amines) is 1. The minimum Gasteiger partial charge on any atom is -0.493 e. The number of methoxy groups -OCH3 is 2. The van der Waals surface area contributed by atoms with Crippen molar-refractivity contribution in [1.82, 2.24) is 4.90 Å². The van der Waals surface area contributed by atoms with E-state index in [1.54, 1.807) is 7.11 Å². The molecule has 0 radical (unpaired) electrons. The fraction of sp³-hybridized carbons (Fsp3) is 0.571. The van der Waals surface area contributed by atoms with Crippen molar-refractivity contribution in [3.05, 3.63) is 21.9 Å². The lowest BCUT2D eigenvalue weighted by Crippen LogP contribution is -2.21. The lowest BCUT2D eigenvalue weighted by atomic mass is 9.99. The van der Waals surface area contributed by atoms with Crippen molar-refractivity contribution < 1.29 is 13.9 Å². The van der Waals surface area contributed by atoms with Gasteiger partial charge in [0.2, 0.25) is 0 Å². The Labute approximate surface area is 127 Å². The van der Waals surface area contributed by atoms with Crippen LogP contribution >= 0.6 is 15.9 Å². The fourth-order valence-electron chi connectivity index (χ4n) is 2.85. The molecule has 1 heterocycles. The van der Waals surface area contributed by atoms with Gasteiger partial charge in [-0.2, -0.15) is 0 Å². The van der Waals surface area contributed by atoms with Crippen LogP contribution in [-0.2, 0) is 0 Å². The summed E-state index contributed by atoms with van der Waals surface area (Å²) in [6.45, 7) is 1.49. The molecule has 2 unspecified atom stereocenters. The number of rotatable bonds is 4. The van der Waals surface area contributed by atoms with Crippen molar-refractivity contribution in [2.24, 2.45) is 11.7 Å². The van der Waals surface area contributed by atoms with E-state index in [4.69, 9.17) is 15.2 Å². The first kappa shape index (κ1) is 15.5. The molecule has 2 N–H and O–H groups in total. The highest BCUT2D eigenvalue weighted by Crippen LogP contribution is 2.45. The summed E-state index contributed by atoms with van der Waals surface area (Å²) in [5.74, 6) is 1.01. The van der Waals surface area contributed by atoms with Crippen LogP contribution in [0.2, 0.25) is 0 Å². The molecule has 1 aliphatic heterocycles. The highest BCUT2D eigenvalue weighted by Gasteiger charge is 2.34. The van der Waals surface area contributed by atoms with Crippen molar-refractivity contribution in [1.29, 1.82) is 0 Å². The summed E-state index contributed by atoms with van der Waals surface area (Å²) in [4.78, 5) is 2.13. The van der Waals surface area contributed by atoms with E-state index in [-0.39, 0.29) is 11.9 Å². The topological polar surface area (TPSA) is 47.7 Å². The number of halogens is 2. The summed E-state index contributed by atoms with van der Waals surface area (Å²) in [5, 5.41) is 0. The quantitative estimate of drug-likeness (QED) is 0.910. The first-order valence-corrected chi connectivity index (χ1v) is 7.32. The zero-order chi connectivity index (χ0) is 14.9. The minimum absolute atomic E-state index is 0.00210. The third-order valence-corrected chi connectivity index (χ3v) is 4.69. The van der Waals surface area contributed by atoms with Gasteiger partial charge in [0.15, 0.2) is 11.5 Å². The smallest absolute Gasteiger partial charge is 0.175 e. The van der Waals surface area contributed by atoms with Gasteiger partial charge >= 0.3 is 0 Å². The molecule has 2 atom stereocenters. The van der Waals surface area contributed by atoms with Crippen LogP contribution in [0.1, 0.15) is 18.0 Å². The number of nitrogens with two attached hydrogens (primary N) is 1. The Balaban J connectivity index is 2.47. The van der Waals surface area contributed by atoms with Gasteiger partial charge in [-0.1, -0.05) is 0 Å². The van der Waals surface area contributed by atoms with Crippen LogP contribution < -0.4 is 15.2 Å². The van der Waals surface area contributed by atoms with Crippen LogP contribution in [0.25, 0.3) is 0 Å². The molecule has 1 aromatic rings. The molecule has 4 nitrogen and oxygen atoms in total. The second kappa shape index (κ2) is 6.28. The van der Waals surface area contributed by atoms with E-state index in [2.05, 4.69) is 20.8 Å². The molecule has 112 valence electrons. The molecule has 0 amide bonds. The summed E-state index contributed by atoms with van der Waals surface area (Å²) in [6.07, 6.45) is 0.845. The highest BCUT2D eigenvalue weighted by molar-refractivity contribution is 9.10. The van der Waals surface area contributed by atoms with E-state index in [1.165, 1.54) is 13.2 Å². The third-order valence-electron chi connectivity index (χ3n) is 3.90. The van der Waals surface area contributed by atoms with Crippen LogP contribution in [0.3, 0.4) is 0 Å². The van der Waals surface area contributed by atoms with Crippen LogP contribution in [-0.4, -0.2) is 39.3 Å². The zero-order valence-corrected chi connectivity index (χ0v) is 13.5. The van der Waals surface area contributed by atoms with Crippen molar-refractivity contribution in [3.8, 4) is 11.5 Å². The van der Waals surface area contributed by atoms with Crippen molar-refractivity contribution in [3.63, 3.8) is 0 Å². The Bertz CT molecular complexity index is 499. The average molecular weight is 347 g/mol. The normalized spacial score (nSPS) is 23.1. The summed E-state index contributed by atoms with van der Waals surface area (Å²) in [7, 11) is 5.03. The minimum atomic E-state index is -0.288. The molecule has 0 aromatic heterocycles. The Morgan fingerprint density at radius 3 is 2.65 bits per heavy atom. The van der Waals surface area contributed by atoms with Crippen LogP contribution in [0.4, 0.5) is 4.39 Å². The lowest BCUT2D eigenvalue weighted by molar-refractivity contribution is 0.301. The highest BCUT2D eigenvalue weighted by atomic mass is 79.9. The maximum atomic E-state index is 14.4. The second-order valence-electron chi connectivity index (χ2n) is 5.11. The molecule has 0 aliphatic carbocycles. The molecular formula is C14H20BrFN2O2. The molecule has 1 aliphatic rings. The van der Waals surface area contributed by atoms with Crippen LogP contribution in [0, 0.1) is 11.7 Å². The van der Waals surface area contributed by atoms with Gasteiger partial charge in [-0.25, -0.2) is 4.39 Å². The van der Waals surface area contributed by atoms with Gasteiger partial charge in [-0.15, -0.1) is 0 Å². The van der Waals surface area contributed by atoms with Crippen molar-refractivity contribution in [2.45, 2.75) is 12.5 Å². The van der Waals surface area contributed by atoms with Gasteiger partial charge in [-0.05, 0) is 41.9 Å². The van der Waals surface area contributed by atoms with Crippen LogP contribution in [0.5, 0.6) is 11.5 Å². The SMILES string of the molecule is COc1cc(F)c(C2CC(CN)CN2C)c(Br)c1OC. The number of nitrogens with zero attached hydrogens (tertiary/aromatic N) is 1. The number of hydrogen-bond acceptors (Lipinski definition) is 4. The number of benzene rings is 1. The summed E-state index contributed by atoms with van der Waals surface area (Å²) >= 11 is 3.46. The average Bonchev–Trinajstić information content (AvgIpc) is 2.79. The first-order valence-electron chi connectivity index (χ1n) is 6.53. The molecule has 0 spiro atoms. The molecule has 0 bridgehead atoms. The van der Waals surface area contributed by atoms with Gasteiger partial charge in [0, 0.05) is 24.2 Å². The zero-order valence-electron chi connectivity index (χ0n) is 12.0. The molecule has 6 heteroatoms. The predicted octanol–water partition coefficient (Wildman–Crippen LogP) is 2.56. The summed E-state index contributed by atoms with van der Waals surface area (Å²) in [5.41, 5.74) is 6.35. The fourth-order valence-corrected chi connectivity index (χ4v) is 3.67. The molecule has 1 aromatic carbocycles. The summed E-state index contributed by atoms with van der Waals surface area (Å²) in [6, 6.07) is 1.38. The van der Waals surface area contributed by atoms with Gasteiger partial charge in [0.1, 0.15) is 5.82 Å². The third kappa shape index (κ3) is 2.64. The first-order chi connectivity index (χ1) is 9.53. The van der Waals surface area contributed by atoms with E-state index in [0.29, 0.717) is 34.0 Å². The lowest BCUT2D eigenvalue weighted by Gasteiger charge is -2.23. The Hall–Kier alpha value is -0.850. The number of hydrogen-bond donors (Lipinski definition) is 1. The van der Waals surface area contributed by atoms with Crippen LogP contribution in [0.15, 0.2) is 10.5 Å². The maximum absolute atomic E-state index is 14.4. The molecule has 1 fully saturated rings. The van der Waals surface area contributed by atoms with Crippen molar-refractivity contribution in [2.75, 3.05) is 34.4 Å². The molecule has 0 saturated carbocycles. The monoisotopic (exact) mass is 346 g/mol. The van der Waals surface area contributed by atoms with Gasteiger partial charge in [0.25, 0.3) is 0 Å². The van der Waals surface area contributed by atoms with Gasteiger partial charge < -0.3 is 15.2 Å². The standard InChI is InChI=1S/C14H20BrFN2O2/c1-18-7-8(6-17)4-10(18)12-9(16)5-11(19-2)14(20-3)13(12)15/h5,8,10H,4,6-7,17H2,1-3H3. The van der Waals surface area contributed by atoms with E-state index < -0.39 is 0 Å². The Morgan fingerprint density at radius 2 is 2.15 bits per heavy atom. The Kier molecular flexibility index (Phi) is 4.88. The van der Waals surface area contributed by atoms with E-state index >= 15 is 0 Å². The number of ether oxygens (including phenoxy) is 2. The molecule has 1 saturated heterocycles. The van der Waals surface area contributed by atoms with Gasteiger partial charge in [-0.3, -0.25) is 4.90 Å². The van der Waals surface area contributed by atoms with E-state index in [0.717, 1.165) is 13.0 Å². The van der Waals surface area contributed by atoms with Crippen molar-refractivity contribution >= 4 is 15.9 Å². The summed E-state index contributed by atoms with van der Waals surface area (Å²) < 4.78 is 25.5. The van der Waals surface area contributed by atoms with E-state index in [1.807, 2.05) is 7.05 Å².